The molecule has 1 aromatic heterocycles. The maximum absolute atomic E-state index is 10.9. The van der Waals surface area contributed by atoms with Gasteiger partial charge in [0.25, 0.3) is 0 Å². The maximum Gasteiger partial charge on any atom is 0.307 e. The van der Waals surface area contributed by atoms with Crippen LogP contribution < -0.4 is 0 Å². The highest BCUT2D eigenvalue weighted by Crippen LogP contribution is 2.35. The minimum absolute atomic E-state index is 0.00413. The van der Waals surface area contributed by atoms with Gasteiger partial charge in [-0.25, -0.2) is 15.0 Å². The first-order chi connectivity index (χ1) is 12.3. The Morgan fingerprint density at radius 2 is 1.46 bits per heavy atom. The molecule has 5 N–H and O–H groups in total. The number of aliphatic carboxylic acids is 1. The summed E-state index contributed by atoms with van der Waals surface area (Å²) in [6.07, 6.45) is 0.657. The summed E-state index contributed by atoms with van der Waals surface area (Å²) in [5.41, 5.74) is 0.329. The molecular formula is C17H13N3O6. The van der Waals surface area contributed by atoms with Crippen LogP contribution in [0.15, 0.2) is 36.7 Å². The zero-order valence-electron chi connectivity index (χ0n) is 13.2. The summed E-state index contributed by atoms with van der Waals surface area (Å²) in [5, 5.41) is 48.2. The smallest absolute Gasteiger partial charge is 0.307 e. The molecule has 0 saturated carbocycles. The fourth-order valence-corrected chi connectivity index (χ4v) is 2.44. The number of aromatic hydroxyl groups is 4. The zero-order valence-corrected chi connectivity index (χ0v) is 13.2. The zero-order chi connectivity index (χ0) is 18.8. The predicted molar refractivity (Wildman–Crippen MR) is 88.7 cm³/mol. The molecule has 0 aliphatic rings. The summed E-state index contributed by atoms with van der Waals surface area (Å²) < 4.78 is 0. The molecule has 0 fully saturated rings. The highest BCUT2D eigenvalue weighted by atomic mass is 16.4. The van der Waals surface area contributed by atoms with E-state index in [1.165, 1.54) is 18.2 Å². The number of aromatic nitrogens is 3. The van der Waals surface area contributed by atoms with Gasteiger partial charge < -0.3 is 25.5 Å². The van der Waals surface area contributed by atoms with E-state index in [-0.39, 0.29) is 45.8 Å². The number of nitrogens with zero attached hydrogens (tertiary/aromatic N) is 3. The Kier molecular flexibility index (Phi) is 4.27. The van der Waals surface area contributed by atoms with Crippen molar-refractivity contribution in [1.82, 2.24) is 15.0 Å². The molecule has 0 unspecified atom stereocenters. The van der Waals surface area contributed by atoms with Crippen molar-refractivity contribution in [3.63, 3.8) is 0 Å². The first kappa shape index (κ1) is 17.0. The second-order valence-electron chi connectivity index (χ2n) is 5.44. The van der Waals surface area contributed by atoms with Crippen molar-refractivity contribution >= 4 is 5.97 Å². The first-order valence-electron chi connectivity index (χ1n) is 7.33. The SMILES string of the molecule is O=C(O)Cc1cc(O)cc(-c2ncnc(-c3cc(O)cc(O)c3)n2)c1O. The number of carbonyl (C=O) groups is 1. The van der Waals surface area contributed by atoms with Crippen LogP contribution in [0.2, 0.25) is 0 Å². The van der Waals surface area contributed by atoms with Gasteiger partial charge in [-0.1, -0.05) is 0 Å². The first-order valence-corrected chi connectivity index (χ1v) is 7.33. The minimum Gasteiger partial charge on any atom is -0.508 e. The van der Waals surface area contributed by atoms with Gasteiger partial charge in [0.2, 0.25) is 0 Å². The maximum atomic E-state index is 10.9. The van der Waals surface area contributed by atoms with Gasteiger partial charge in [0.05, 0.1) is 12.0 Å². The molecule has 0 atom stereocenters. The van der Waals surface area contributed by atoms with E-state index in [0.29, 0.717) is 5.56 Å². The number of hydrogen-bond donors (Lipinski definition) is 5. The lowest BCUT2D eigenvalue weighted by molar-refractivity contribution is -0.136. The van der Waals surface area contributed by atoms with E-state index in [1.807, 2.05) is 0 Å². The number of carboxylic acids is 1. The predicted octanol–water partition coefficient (Wildman–Crippen LogP) is 1.66. The molecule has 0 bridgehead atoms. The summed E-state index contributed by atoms with van der Waals surface area (Å²) in [7, 11) is 0. The van der Waals surface area contributed by atoms with E-state index in [0.717, 1.165) is 18.5 Å². The number of carboxylic acid groups (broad SMARTS) is 1. The van der Waals surface area contributed by atoms with E-state index in [4.69, 9.17) is 5.11 Å². The van der Waals surface area contributed by atoms with Crippen LogP contribution in [0.1, 0.15) is 5.56 Å². The highest BCUT2D eigenvalue weighted by molar-refractivity contribution is 5.76. The molecule has 9 heteroatoms. The molecule has 2 aromatic carbocycles. The molecule has 0 saturated heterocycles. The molecule has 0 amide bonds. The van der Waals surface area contributed by atoms with Crippen molar-refractivity contribution in [2.45, 2.75) is 6.42 Å². The molecule has 0 radical (unpaired) electrons. The third kappa shape index (κ3) is 3.46. The third-order valence-corrected chi connectivity index (χ3v) is 3.49. The number of phenols is 4. The lowest BCUT2D eigenvalue weighted by Gasteiger charge is -2.10. The van der Waals surface area contributed by atoms with Gasteiger partial charge >= 0.3 is 5.97 Å². The van der Waals surface area contributed by atoms with Crippen molar-refractivity contribution in [1.29, 1.82) is 0 Å². The molecule has 0 spiro atoms. The fraction of sp³-hybridized carbons (Fsp3) is 0.0588. The summed E-state index contributed by atoms with van der Waals surface area (Å²) in [4.78, 5) is 23.0. The summed E-state index contributed by atoms with van der Waals surface area (Å²) in [6.45, 7) is 0. The van der Waals surface area contributed by atoms with Gasteiger partial charge in [-0.05, 0) is 24.3 Å². The summed E-state index contributed by atoms with van der Waals surface area (Å²) in [6, 6.07) is 6.14. The van der Waals surface area contributed by atoms with E-state index in [2.05, 4.69) is 15.0 Å². The normalized spacial score (nSPS) is 10.6. The topological polar surface area (TPSA) is 157 Å². The average Bonchev–Trinajstić information content (AvgIpc) is 2.56. The van der Waals surface area contributed by atoms with E-state index in [1.54, 1.807) is 0 Å². The van der Waals surface area contributed by atoms with Gasteiger partial charge in [-0.2, -0.15) is 0 Å². The van der Waals surface area contributed by atoms with E-state index >= 15 is 0 Å². The highest BCUT2D eigenvalue weighted by Gasteiger charge is 2.17. The summed E-state index contributed by atoms with van der Waals surface area (Å²) >= 11 is 0. The van der Waals surface area contributed by atoms with Gasteiger partial charge in [-0.15, -0.1) is 0 Å². The van der Waals surface area contributed by atoms with Crippen molar-refractivity contribution in [2.75, 3.05) is 0 Å². The van der Waals surface area contributed by atoms with Crippen molar-refractivity contribution < 1.29 is 30.3 Å². The van der Waals surface area contributed by atoms with E-state index < -0.39 is 12.4 Å². The van der Waals surface area contributed by atoms with Crippen LogP contribution in [0.3, 0.4) is 0 Å². The minimum atomic E-state index is -1.18. The van der Waals surface area contributed by atoms with Crippen LogP contribution in [0.5, 0.6) is 23.0 Å². The molecule has 9 nitrogen and oxygen atoms in total. The van der Waals surface area contributed by atoms with Gasteiger partial charge in [0, 0.05) is 17.2 Å². The third-order valence-electron chi connectivity index (χ3n) is 3.49. The van der Waals surface area contributed by atoms with Gasteiger partial charge in [-0.3, -0.25) is 4.79 Å². The lowest BCUT2D eigenvalue weighted by Crippen LogP contribution is -2.02. The van der Waals surface area contributed by atoms with Crippen molar-refractivity contribution in [2.24, 2.45) is 0 Å². The average molecular weight is 355 g/mol. The Labute approximate surface area is 146 Å². The largest absolute Gasteiger partial charge is 0.508 e. The molecule has 1 heterocycles. The fourth-order valence-electron chi connectivity index (χ4n) is 2.44. The van der Waals surface area contributed by atoms with Crippen LogP contribution in [-0.2, 0) is 11.2 Å². The van der Waals surface area contributed by atoms with E-state index in [9.17, 15) is 25.2 Å². The summed E-state index contributed by atoms with van der Waals surface area (Å²) in [5.74, 6) is -2.10. The molecule has 0 aliphatic carbocycles. The quantitative estimate of drug-likeness (QED) is 0.439. The Morgan fingerprint density at radius 1 is 0.846 bits per heavy atom. The Bertz CT molecular complexity index is 986. The molecule has 26 heavy (non-hydrogen) atoms. The standard InChI is InChI=1S/C17H13N3O6/c21-10-2-9(3-11(22)5-10)16-18-7-19-17(20-16)13-6-12(23)1-8(15(13)26)4-14(24)25/h1-3,5-7,21-23,26H,4H2,(H,24,25). The van der Waals surface area contributed by atoms with Crippen LogP contribution in [0, 0.1) is 0 Å². The molecular weight excluding hydrogens is 342 g/mol. The van der Waals surface area contributed by atoms with Gasteiger partial charge in [0.1, 0.15) is 29.3 Å². The Morgan fingerprint density at radius 3 is 2.12 bits per heavy atom. The second-order valence-corrected chi connectivity index (χ2v) is 5.44. The second kappa shape index (κ2) is 6.55. The van der Waals surface area contributed by atoms with Crippen LogP contribution >= 0.6 is 0 Å². The molecule has 0 aliphatic heterocycles. The molecule has 132 valence electrons. The Balaban J connectivity index is 2.11. The van der Waals surface area contributed by atoms with Crippen LogP contribution in [0.25, 0.3) is 22.8 Å². The van der Waals surface area contributed by atoms with Crippen LogP contribution in [-0.4, -0.2) is 46.5 Å². The van der Waals surface area contributed by atoms with Crippen molar-refractivity contribution in [3.8, 4) is 45.8 Å². The number of hydrogen-bond acceptors (Lipinski definition) is 8. The Hall–Kier alpha value is -3.88. The lowest BCUT2D eigenvalue weighted by atomic mass is 10.0. The molecule has 3 rings (SSSR count). The number of phenolic OH excluding ortho intramolecular Hbond substituents is 4. The molecule has 3 aromatic rings. The van der Waals surface area contributed by atoms with Crippen LogP contribution in [0.4, 0.5) is 0 Å². The number of rotatable bonds is 4. The monoisotopic (exact) mass is 355 g/mol. The van der Waals surface area contributed by atoms with Crippen molar-refractivity contribution in [3.05, 3.63) is 42.2 Å². The number of benzene rings is 2. The van der Waals surface area contributed by atoms with Gasteiger partial charge in [0.15, 0.2) is 11.6 Å².